The standard InChI is InChI=1S/C16H13FN4O3S/c17-10-3-5-11(6-4-10)19-14(23)16-21-20-15(25-16)13(22)18-8-7-12-2-1-9-24-12/h1-6,9H,7-8H2,(H,18,22)(H,19,23). The number of carbonyl (C=O) groups excluding carboxylic acids is 2. The Morgan fingerprint density at radius 1 is 1.08 bits per heavy atom. The van der Waals surface area contributed by atoms with Gasteiger partial charge in [-0.15, -0.1) is 10.2 Å². The van der Waals surface area contributed by atoms with Gasteiger partial charge in [0.05, 0.1) is 6.26 Å². The number of amides is 2. The van der Waals surface area contributed by atoms with E-state index in [0.29, 0.717) is 18.7 Å². The maximum Gasteiger partial charge on any atom is 0.286 e. The molecule has 0 aliphatic heterocycles. The summed E-state index contributed by atoms with van der Waals surface area (Å²) in [5, 5.41) is 12.8. The number of halogens is 1. The van der Waals surface area contributed by atoms with Crippen LogP contribution in [0.25, 0.3) is 0 Å². The third-order valence-electron chi connectivity index (χ3n) is 3.15. The molecule has 2 N–H and O–H groups in total. The van der Waals surface area contributed by atoms with E-state index in [1.165, 1.54) is 24.3 Å². The lowest BCUT2D eigenvalue weighted by molar-refractivity contribution is 0.0951. The van der Waals surface area contributed by atoms with Gasteiger partial charge in [0, 0.05) is 18.7 Å². The van der Waals surface area contributed by atoms with Crippen molar-refractivity contribution in [2.45, 2.75) is 6.42 Å². The molecule has 0 atom stereocenters. The van der Waals surface area contributed by atoms with Gasteiger partial charge in [0.1, 0.15) is 11.6 Å². The van der Waals surface area contributed by atoms with E-state index in [2.05, 4.69) is 20.8 Å². The van der Waals surface area contributed by atoms with Gasteiger partial charge >= 0.3 is 0 Å². The molecular weight excluding hydrogens is 347 g/mol. The fraction of sp³-hybridized carbons (Fsp3) is 0.125. The summed E-state index contributed by atoms with van der Waals surface area (Å²) >= 11 is 0.876. The van der Waals surface area contributed by atoms with Gasteiger partial charge < -0.3 is 15.1 Å². The minimum absolute atomic E-state index is 0.0421. The summed E-state index contributed by atoms with van der Waals surface area (Å²) in [5.74, 6) is -0.567. The van der Waals surface area contributed by atoms with Crippen molar-refractivity contribution in [3.05, 3.63) is 64.3 Å². The number of hydrogen-bond acceptors (Lipinski definition) is 6. The number of hydrogen-bond donors (Lipinski definition) is 2. The molecule has 0 bridgehead atoms. The van der Waals surface area contributed by atoms with Crippen molar-refractivity contribution in [1.82, 2.24) is 15.5 Å². The molecule has 0 unspecified atom stereocenters. The first-order valence-corrected chi connectivity index (χ1v) is 8.14. The Labute approximate surface area is 145 Å². The van der Waals surface area contributed by atoms with E-state index in [1.54, 1.807) is 12.3 Å². The first-order valence-electron chi connectivity index (χ1n) is 7.33. The maximum atomic E-state index is 12.8. The largest absolute Gasteiger partial charge is 0.469 e. The van der Waals surface area contributed by atoms with Crippen LogP contribution in [0, 0.1) is 5.82 Å². The zero-order chi connectivity index (χ0) is 17.6. The van der Waals surface area contributed by atoms with Crippen LogP contribution in [-0.4, -0.2) is 28.6 Å². The van der Waals surface area contributed by atoms with Crippen molar-refractivity contribution in [3.63, 3.8) is 0 Å². The number of aromatic nitrogens is 2. The van der Waals surface area contributed by atoms with Crippen LogP contribution in [0.3, 0.4) is 0 Å². The molecule has 7 nitrogen and oxygen atoms in total. The Balaban J connectivity index is 1.54. The van der Waals surface area contributed by atoms with E-state index >= 15 is 0 Å². The van der Waals surface area contributed by atoms with Crippen molar-refractivity contribution >= 4 is 28.8 Å². The van der Waals surface area contributed by atoms with E-state index < -0.39 is 17.6 Å². The highest BCUT2D eigenvalue weighted by atomic mass is 32.1. The lowest BCUT2D eigenvalue weighted by Gasteiger charge is -2.01. The van der Waals surface area contributed by atoms with Crippen LogP contribution in [0.5, 0.6) is 0 Å². The quantitative estimate of drug-likeness (QED) is 0.704. The number of carbonyl (C=O) groups is 2. The second kappa shape index (κ2) is 7.67. The first kappa shape index (κ1) is 16.8. The van der Waals surface area contributed by atoms with Crippen LogP contribution in [0.2, 0.25) is 0 Å². The molecule has 0 radical (unpaired) electrons. The molecule has 2 aromatic heterocycles. The maximum absolute atomic E-state index is 12.8. The van der Waals surface area contributed by atoms with Crippen LogP contribution < -0.4 is 10.6 Å². The molecule has 3 rings (SSSR count). The summed E-state index contributed by atoms with van der Waals surface area (Å²) in [6, 6.07) is 8.90. The number of benzene rings is 1. The molecule has 128 valence electrons. The fourth-order valence-corrected chi connectivity index (χ4v) is 2.61. The van der Waals surface area contributed by atoms with Gasteiger partial charge in [-0.25, -0.2) is 4.39 Å². The van der Waals surface area contributed by atoms with Gasteiger partial charge in [-0.1, -0.05) is 11.3 Å². The summed E-state index contributed by atoms with van der Waals surface area (Å²) < 4.78 is 18.0. The highest BCUT2D eigenvalue weighted by Gasteiger charge is 2.17. The predicted molar refractivity (Wildman–Crippen MR) is 89.0 cm³/mol. The fourth-order valence-electron chi connectivity index (χ4n) is 1.95. The Hall–Kier alpha value is -3.07. The number of furan rings is 1. The van der Waals surface area contributed by atoms with Crippen molar-refractivity contribution in [2.75, 3.05) is 11.9 Å². The minimum atomic E-state index is -0.515. The van der Waals surface area contributed by atoms with Crippen molar-refractivity contribution < 1.29 is 18.4 Å². The average Bonchev–Trinajstić information content (AvgIpc) is 3.28. The van der Waals surface area contributed by atoms with Gasteiger partial charge in [-0.2, -0.15) is 0 Å². The Bertz CT molecular complexity index is 862. The lowest BCUT2D eigenvalue weighted by Crippen LogP contribution is -2.25. The molecule has 3 aromatic rings. The monoisotopic (exact) mass is 360 g/mol. The van der Waals surface area contributed by atoms with Crippen molar-refractivity contribution in [2.24, 2.45) is 0 Å². The predicted octanol–water partition coefficient (Wildman–Crippen LogP) is 2.50. The van der Waals surface area contributed by atoms with E-state index in [9.17, 15) is 14.0 Å². The first-order chi connectivity index (χ1) is 12.1. The average molecular weight is 360 g/mol. The van der Waals surface area contributed by atoms with Gasteiger partial charge in [0.2, 0.25) is 10.0 Å². The minimum Gasteiger partial charge on any atom is -0.469 e. The van der Waals surface area contributed by atoms with Gasteiger partial charge in [0.15, 0.2) is 0 Å². The zero-order valence-electron chi connectivity index (χ0n) is 12.9. The molecular formula is C16H13FN4O3S. The summed E-state index contributed by atoms with van der Waals surface area (Å²) in [5.41, 5.74) is 0.422. The third kappa shape index (κ3) is 4.48. The molecule has 0 spiro atoms. The lowest BCUT2D eigenvalue weighted by atomic mass is 10.3. The summed E-state index contributed by atoms with van der Waals surface area (Å²) in [4.78, 5) is 24.1. The normalized spacial score (nSPS) is 10.4. The smallest absolute Gasteiger partial charge is 0.286 e. The molecule has 9 heteroatoms. The Morgan fingerprint density at radius 3 is 2.48 bits per heavy atom. The van der Waals surface area contributed by atoms with E-state index in [1.807, 2.05) is 6.07 Å². The van der Waals surface area contributed by atoms with E-state index in [4.69, 9.17) is 4.42 Å². The molecule has 0 fully saturated rings. The molecule has 2 heterocycles. The number of rotatable bonds is 6. The second-order valence-electron chi connectivity index (χ2n) is 4.96. The Morgan fingerprint density at radius 2 is 1.80 bits per heavy atom. The van der Waals surface area contributed by atoms with Crippen molar-refractivity contribution in [3.8, 4) is 0 Å². The molecule has 2 amide bonds. The van der Waals surface area contributed by atoms with Crippen molar-refractivity contribution in [1.29, 1.82) is 0 Å². The third-order valence-corrected chi connectivity index (χ3v) is 4.07. The van der Waals surface area contributed by atoms with Crippen LogP contribution in [0.4, 0.5) is 10.1 Å². The van der Waals surface area contributed by atoms with E-state index in [0.717, 1.165) is 17.1 Å². The second-order valence-corrected chi connectivity index (χ2v) is 5.94. The molecule has 0 aliphatic rings. The highest BCUT2D eigenvalue weighted by molar-refractivity contribution is 7.15. The Kier molecular flexibility index (Phi) is 5.14. The zero-order valence-corrected chi connectivity index (χ0v) is 13.7. The molecule has 0 saturated heterocycles. The van der Waals surface area contributed by atoms with Gasteiger partial charge in [-0.05, 0) is 36.4 Å². The summed E-state index contributed by atoms with van der Waals surface area (Å²) in [6.45, 7) is 0.378. The molecule has 0 aliphatic carbocycles. The highest BCUT2D eigenvalue weighted by Crippen LogP contribution is 2.14. The number of nitrogens with one attached hydrogen (secondary N) is 2. The van der Waals surface area contributed by atoms with Crippen LogP contribution in [0.15, 0.2) is 47.1 Å². The molecule has 1 aromatic carbocycles. The summed E-state index contributed by atoms with van der Waals surface area (Å²) in [7, 11) is 0. The summed E-state index contributed by atoms with van der Waals surface area (Å²) in [6.07, 6.45) is 2.11. The van der Waals surface area contributed by atoms with Gasteiger partial charge in [-0.3, -0.25) is 9.59 Å². The van der Waals surface area contributed by atoms with Crippen LogP contribution >= 0.6 is 11.3 Å². The number of nitrogens with zero attached hydrogens (tertiary/aromatic N) is 2. The van der Waals surface area contributed by atoms with Crippen LogP contribution in [0.1, 0.15) is 25.4 Å². The van der Waals surface area contributed by atoms with Gasteiger partial charge in [0.25, 0.3) is 11.8 Å². The number of anilines is 1. The van der Waals surface area contributed by atoms with Crippen LogP contribution in [-0.2, 0) is 6.42 Å². The molecule has 0 saturated carbocycles. The van der Waals surface area contributed by atoms with E-state index in [-0.39, 0.29) is 10.0 Å². The SMILES string of the molecule is O=C(NCCc1ccco1)c1nnc(C(=O)Nc2ccc(F)cc2)s1. The topological polar surface area (TPSA) is 97.1 Å². The molecule has 25 heavy (non-hydrogen) atoms.